The first kappa shape index (κ1) is 16.8. The van der Waals surface area contributed by atoms with E-state index in [1.807, 2.05) is 0 Å². The fourth-order valence-corrected chi connectivity index (χ4v) is 0.775. The van der Waals surface area contributed by atoms with E-state index in [0.29, 0.717) is 0 Å². The van der Waals surface area contributed by atoms with Crippen molar-refractivity contribution in [2.75, 3.05) is 7.11 Å². The third-order valence-electron chi connectivity index (χ3n) is 1.51. The van der Waals surface area contributed by atoms with Gasteiger partial charge in [-0.25, -0.2) is 4.79 Å². The number of ether oxygens (including phenoxy) is 1. The number of aliphatic carboxylic acids is 2. The summed E-state index contributed by atoms with van der Waals surface area (Å²) < 4.78 is 4.12. The molecule has 1 atom stereocenters. The summed E-state index contributed by atoms with van der Waals surface area (Å²) in [4.78, 5) is 31.4. The topological polar surface area (TPSA) is 121 Å². The Morgan fingerprint density at radius 3 is 1.93 bits per heavy atom. The molecule has 0 saturated heterocycles. The van der Waals surface area contributed by atoms with Crippen LogP contribution in [-0.4, -0.2) is 75.5 Å². The van der Waals surface area contributed by atoms with Crippen LogP contribution in [0.4, 0.5) is 0 Å². The van der Waals surface area contributed by atoms with Gasteiger partial charge >= 0.3 is 47.5 Å². The second kappa shape index (κ2) is 6.78. The quantitative estimate of drug-likeness (QED) is 0.376. The maximum atomic E-state index is 10.7. The molecule has 0 aliphatic heterocycles. The molecule has 1 unspecified atom stereocenters. The van der Waals surface area contributed by atoms with Crippen LogP contribution in [0.15, 0.2) is 0 Å². The Morgan fingerprint density at radius 1 is 1.20 bits per heavy atom. The summed E-state index contributed by atoms with van der Waals surface area (Å²) in [5, 5.41) is 26.1. The summed E-state index contributed by atoms with van der Waals surface area (Å²) >= 11 is 0. The molecule has 3 N–H and O–H groups in total. The molecule has 0 aromatic heterocycles. The van der Waals surface area contributed by atoms with Gasteiger partial charge in [0, 0.05) is 0 Å². The Balaban J connectivity index is 0. The van der Waals surface area contributed by atoms with Gasteiger partial charge in [0.15, 0.2) is 5.60 Å². The van der Waals surface area contributed by atoms with Crippen LogP contribution >= 0.6 is 0 Å². The van der Waals surface area contributed by atoms with Gasteiger partial charge in [-0.1, -0.05) is 0 Å². The fraction of sp³-hybridized carbons (Fsp3) is 0.571. The van der Waals surface area contributed by atoms with Gasteiger partial charge in [0.1, 0.15) is 0 Å². The Hall–Kier alpha value is -0.630. The summed E-state index contributed by atoms with van der Waals surface area (Å²) in [5.74, 6) is -4.28. The van der Waals surface area contributed by atoms with E-state index in [1.54, 1.807) is 0 Å². The number of carbonyl (C=O) groups is 3. The summed E-state index contributed by atoms with van der Waals surface area (Å²) in [6, 6.07) is 0. The zero-order valence-corrected chi connectivity index (χ0v) is 7.39. The van der Waals surface area contributed by atoms with Crippen LogP contribution in [0.25, 0.3) is 0 Å². The summed E-state index contributed by atoms with van der Waals surface area (Å²) in [7, 11) is 1.01. The molecule has 0 heterocycles. The standard InChI is InChI=1S/C7H10O7.Na.H/c1-14-5(10)3-7(13,6(11)12)2-4(8)9;;/h13H,2-3H2,1H3,(H,8,9)(H,11,12);;. The Bertz CT molecular complexity index is 264. The van der Waals surface area contributed by atoms with Crippen molar-refractivity contribution in [1.82, 2.24) is 0 Å². The number of rotatable bonds is 5. The molecule has 0 aromatic carbocycles. The second-order valence-corrected chi connectivity index (χ2v) is 2.66. The number of hydrogen-bond acceptors (Lipinski definition) is 5. The number of hydrogen-bond donors (Lipinski definition) is 3. The molecule has 0 aliphatic carbocycles. The van der Waals surface area contributed by atoms with Crippen molar-refractivity contribution < 1.29 is 34.4 Å². The minimum atomic E-state index is -2.61. The Kier molecular flexibility index (Phi) is 7.59. The van der Waals surface area contributed by atoms with E-state index in [9.17, 15) is 19.5 Å². The molecule has 0 spiro atoms. The van der Waals surface area contributed by atoms with Gasteiger partial charge in [0.05, 0.1) is 20.0 Å². The van der Waals surface area contributed by atoms with Crippen molar-refractivity contribution in [3.8, 4) is 0 Å². The SMILES string of the molecule is COC(=O)CC(O)(CC(=O)O)C(=O)O.[NaH]. The van der Waals surface area contributed by atoms with Gasteiger partial charge in [0.2, 0.25) is 0 Å². The van der Waals surface area contributed by atoms with Gasteiger partial charge in [-0.3, -0.25) is 9.59 Å². The minimum absolute atomic E-state index is 0. The van der Waals surface area contributed by atoms with E-state index >= 15 is 0 Å². The van der Waals surface area contributed by atoms with E-state index < -0.39 is 36.4 Å². The zero-order valence-electron chi connectivity index (χ0n) is 7.39. The van der Waals surface area contributed by atoms with Crippen LogP contribution in [0.5, 0.6) is 0 Å². The van der Waals surface area contributed by atoms with Gasteiger partial charge in [-0.2, -0.15) is 0 Å². The molecule has 0 radical (unpaired) electrons. The predicted molar refractivity (Wildman–Crippen MR) is 48.6 cm³/mol. The monoisotopic (exact) mass is 230 g/mol. The van der Waals surface area contributed by atoms with Gasteiger partial charge in [-0.05, 0) is 0 Å². The van der Waals surface area contributed by atoms with Crippen LogP contribution in [-0.2, 0) is 19.1 Å². The molecule has 0 aliphatic rings. The van der Waals surface area contributed by atoms with Crippen molar-refractivity contribution in [3.05, 3.63) is 0 Å². The van der Waals surface area contributed by atoms with Gasteiger partial charge < -0.3 is 20.1 Å². The molecule has 0 fully saturated rings. The third kappa shape index (κ3) is 5.73. The molecule has 15 heavy (non-hydrogen) atoms. The van der Waals surface area contributed by atoms with Crippen molar-refractivity contribution in [2.24, 2.45) is 0 Å². The van der Waals surface area contributed by atoms with Gasteiger partial charge in [0.25, 0.3) is 0 Å². The summed E-state index contributed by atoms with van der Waals surface area (Å²) in [5.41, 5.74) is -2.61. The number of carboxylic acids is 2. The Labute approximate surface area is 107 Å². The average molecular weight is 230 g/mol. The maximum absolute atomic E-state index is 10.7. The molecular formula is C7H11NaO7. The van der Waals surface area contributed by atoms with E-state index in [-0.39, 0.29) is 29.6 Å². The normalized spacial score (nSPS) is 13.2. The molecule has 0 amide bonds. The van der Waals surface area contributed by atoms with E-state index in [1.165, 1.54) is 0 Å². The molecule has 0 rings (SSSR count). The molecular weight excluding hydrogens is 219 g/mol. The van der Waals surface area contributed by atoms with Crippen molar-refractivity contribution in [3.63, 3.8) is 0 Å². The first-order valence-electron chi connectivity index (χ1n) is 3.56. The average Bonchev–Trinajstić information content (AvgIpc) is 2.02. The molecule has 8 heteroatoms. The summed E-state index contributed by atoms with van der Waals surface area (Å²) in [6.07, 6.45) is -1.96. The molecule has 82 valence electrons. The number of carboxylic acid groups (broad SMARTS) is 2. The number of esters is 1. The molecule has 0 saturated carbocycles. The van der Waals surface area contributed by atoms with Crippen molar-refractivity contribution in [2.45, 2.75) is 18.4 Å². The fourth-order valence-electron chi connectivity index (χ4n) is 0.775. The first-order valence-corrected chi connectivity index (χ1v) is 3.56. The van der Waals surface area contributed by atoms with Crippen LogP contribution < -0.4 is 0 Å². The predicted octanol–water partition coefficient (Wildman–Crippen LogP) is -1.81. The Morgan fingerprint density at radius 2 is 1.67 bits per heavy atom. The van der Waals surface area contributed by atoms with Crippen molar-refractivity contribution >= 4 is 47.5 Å². The van der Waals surface area contributed by atoms with Gasteiger partial charge in [-0.15, -0.1) is 0 Å². The third-order valence-corrected chi connectivity index (χ3v) is 1.51. The van der Waals surface area contributed by atoms with Crippen LogP contribution in [0.2, 0.25) is 0 Å². The first-order chi connectivity index (χ1) is 6.31. The second-order valence-electron chi connectivity index (χ2n) is 2.66. The van der Waals surface area contributed by atoms with Crippen LogP contribution in [0.1, 0.15) is 12.8 Å². The molecule has 0 aromatic rings. The number of methoxy groups -OCH3 is 1. The number of carbonyl (C=O) groups excluding carboxylic acids is 1. The van der Waals surface area contributed by atoms with E-state index in [4.69, 9.17) is 10.2 Å². The summed E-state index contributed by atoms with van der Waals surface area (Å²) in [6.45, 7) is 0. The zero-order chi connectivity index (χ0) is 11.4. The molecule has 7 nitrogen and oxygen atoms in total. The van der Waals surface area contributed by atoms with Crippen LogP contribution in [0, 0.1) is 0 Å². The van der Waals surface area contributed by atoms with Crippen LogP contribution in [0.3, 0.4) is 0 Å². The van der Waals surface area contributed by atoms with E-state index in [0.717, 1.165) is 7.11 Å². The number of aliphatic hydroxyl groups is 1. The molecule has 0 bridgehead atoms. The van der Waals surface area contributed by atoms with Crippen molar-refractivity contribution in [1.29, 1.82) is 0 Å². The van der Waals surface area contributed by atoms with E-state index in [2.05, 4.69) is 4.74 Å².